The molecular formula is C15H14O4. The second-order valence-corrected chi connectivity index (χ2v) is 5.54. The molecule has 2 aromatic rings. The summed E-state index contributed by atoms with van der Waals surface area (Å²) in [6.45, 7) is 4.03. The average Bonchev–Trinajstić information content (AvgIpc) is 2.59. The summed E-state index contributed by atoms with van der Waals surface area (Å²) < 4.78 is 17.1. The number of hydrogen-bond donors (Lipinski definition) is 0. The van der Waals surface area contributed by atoms with Crippen LogP contribution >= 0.6 is 0 Å². The van der Waals surface area contributed by atoms with E-state index in [0.29, 0.717) is 23.3 Å². The molecular weight excluding hydrogens is 244 g/mol. The zero-order chi connectivity index (χ0) is 13.2. The number of rotatable bonds is 0. The molecule has 1 aromatic heterocycles. The molecule has 1 saturated heterocycles. The largest absolute Gasteiger partial charge is 0.464 e. The highest BCUT2D eigenvalue weighted by atomic mass is 16.7. The molecule has 19 heavy (non-hydrogen) atoms. The molecule has 4 nitrogen and oxygen atoms in total. The standard InChI is InChI=1S/C15H14O4/c1-8-15(2)7-11(17-8)19-13-9-5-3-4-6-10(9)18-14(16)12(13)15/h3-6,8,11H,7H2,1-2H3/t8-,11+,15-/m1/s1. The van der Waals surface area contributed by atoms with Gasteiger partial charge in [-0.1, -0.05) is 19.1 Å². The van der Waals surface area contributed by atoms with E-state index in [1.807, 2.05) is 32.0 Å². The van der Waals surface area contributed by atoms with Crippen LogP contribution in [0.2, 0.25) is 0 Å². The fraction of sp³-hybridized carbons (Fsp3) is 0.400. The van der Waals surface area contributed by atoms with Crippen molar-refractivity contribution in [2.75, 3.05) is 0 Å². The van der Waals surface area contributed by atoms with E-state index >= 15 is 0 Å². The van der Waals surface area contributed by atoms with Gasteiger partial charge < -0.3 is 13.9 Å². The summed E-state index contributed by atoms with van der Waals surface area (Å²) in [6, 6.07) is 7.45. The van der Waals surface area contributed by atoms with Gasteiger partial charge in [-0.3, -0.25) is 0 Å². The SMILES string of the molecule is C[C@H]1O[C@@H]2C[C@@]1(C)c1c(c3ccccc3oc1=O)O2. The van der Waals surface area contributed by atoms with Crippen molar-refractivity contribution in [2.45, 2.75) is 38.1 Å². The Balaban J connectivity index is 2.13. The molecule has 2 aliphatic rings. The van der Waals surface area contributed by atoms with Crippen molar-refractivity contribution in [2.24, 2.45) is 0 Å². The summed E-state index contributed by atoms with van der Waals surface area (Å²) in [4.78, 5) is 12.3. The third-order valence-electron chi connectivity index (χ3n) is 4.43. The Labute approximate surface area is 109 Å². The van der Waals surface area contributed by atoms with Gasteiger partial charge in [0.2, 0.25) is 6.29 Å². The molecule has 1 fully saturated rings. The smallest absolute Gasteiger partial charge is 0.343 e. The van der Waals surface area contributed by atoms with Gasteiger partial charge in [0.05, 0.1) is 17.1 Å². The second kappa shape index (κ2) is 3.39. The zero-order valence-electron chi connectivity index (χ0n) is 10.8. The van der Waals surface area contributed by atoms with Gasteiger partial charge in [-0.2, -0.15) is 0 Å². The topological polar surface area (TPSA) is 48.7 Å². The number of hydrogen-bond acceptors (Lipinski definition) is 4. The Morgan fingerprint density at radius 2 is 2.11 bits per heavy atom. The van der Waals surface area contributed by atoms with Crippen LogP contribution in [-0.2, 0) is 10.2 Å². The normalized spacial score (nSPS) is 32.1. The van der Waals surface area contributed by atoms with Crippen molar-refractivity contribution in [1.29, 1.82) is 0 Å². The van der Waals surface area contributed by atoms with Gasteiger partial charge in [-0.25, -0.2) is 4.79 Å². The molecule has 98 valence electrons. The predicted octanol–water partition coefficient (Wildman–Crippen LogP) is 2.58. The predicted molar refractivity (Wildman–Crippen MR) is 69.4 cm³/mol. The van der Waals surface area contributed by atoms with Crippen molar-refractivity contribution < 1.29 is 13.9 Å². The minimum absolute atomic E-state index is 0.0530. The maximum Gasteiger partial charge on any atom is 0.343 e. The molecule has 0 radical (unpaired) electrons. The minimum Gasteiger partial charge on any atom is -0.464 e. The number of benzene rings is 1. The van der Waals surface area contributed by atoms with Crippen LogP contribution in [0.3, 0.4) is 0 Å². The van der Waals surface area contributed by atoms with Gasteiger partial charge in [0.15, 0.2) is 0 Å². The summed E-state index contributed by atoms with van der Waals surface area (Å²) in [5.41, 5.74) is 0.534. The first-order valence-corrected chi connectivity index (χ1v) is 6.48. The fourth-order valence-corrected chi connectivity index (χ4v) is 3.18. The highest BCUT2D eigenvalue weighted by molar-refractivity contribution is 5.85. The van der Waals surface area contributed by atoms with Crippen LogP contribution in [0.4, 0.5) is 0 Å². The van der Waals surface area contributed by atoms with Crippen molar-refractivity contribution in [3.8, 4) is 5.75 Å². The lowest BCUT2D eigenvalue weighted by atomic mass is 9.76. The summed E-state index contributed by atoms with van der Waals surface area (Å²) >= 11 is 0. The van der Waals surface area contributed by atoms with Crippen LogP contribution in [0.25, 0.3) is 11.0 Å². The van der Waals surface area contributed by atoms with Gasteiger partial charge in [0, 0.05) is 11.8 Å². The van der Waals surface area contributed by atoms with Crippen LogP contribution < -0.4 is 10.4 Å². The second-order valence-electron chi connectivity index (χ2n) is 5.54. The lowest BCUT2D eigenvalue weighted by Crippen LogP contribution is -2.37. The monoisotopic (exact) mass is 258 g/mol. The number of para-hydroxylation sites is 1. The van der Waals surface area contributed by atoms with E-state index in [1.54, 1.807) is 6.07 Å². The summed E-state index contributed by atoms with van der Waals surface area (Å²) in [5.74, 6) is 0.634. The Hall–Kier alpha value is -1.81. The number of ether oxygens (including phenoxy) is 2. The average molecular weight is 258 g/mol. The van der Waals surface area contributed by atoms with Crippen LogP contribution in [-0.4, -0.2) is 12.4 Å². The Bertz CT molecular complexity index is 732. The number of fused-ring (bicyclic) bond motifs is 6. The summed E-state index contributed by atoms with van der Waals surface area (Å²) in [7, 11) is 0. The first-order chi connectivity index (χ1) is 9.09. The van der Waals surface area contributed by atoms with Gasteiger partial charge >= 0.3 is 5.63 Å². The van der Waals surface area contributed by atoms with E-state index in [2.05, 4.69) is 0 Å². The molecule has 0 amide bonds. The van der Waals surface area contributed by atoms with Crippen LogP contribution in [0.5, 0.6) is 5.75 Å². The highest BCUT2D eigenvalue weighted by Crippen LogP contribution is 2.49. The molecule has 0 N–H and O–H groups in total. The zero-order valence-corrected chi connectivity index (χ0v) is 10.8. The molecule has 4 rings (SSSR count). The molecule has 2 bridgehead atoms. The quantitative estimate of drug-likeness (QED) is 0.681. The minimum atomic E-state index is -0.330. The maximum absolute atomic E-state index is 12.3. The van der Waals surface area contributed by atoms with Gasteiger partial charge in [0.25, 0.3) is 0 Å². The maximum atomic E-state index is 12.3. The van der Waals surface area contributed by atoms with Crippen molar-refractivity contribution in [1.82, 2.24) is 0 Å². The molecule has 0 aliphatic carbocycles. The van der Waals surface area contributed by atoms with Gasteiger partial charge in [-0.15, -0.1) is 0 Å². The lowest BCUT2D eigenvalue weighted by Gasteiger charge is -2.30. The van der Waals surface area contributed by atoms with E-state index in [-0.39, 0.29) is 23.4 Å². The van der Waals surface area contributed by atoms with Crippen LogP contribution in [0.1, 0.15) is 25.8 Å². The third kappa shape index (κ3) is 1.29. The van der Waals surface area contributed by atoms with Crippen molar-refractivity contribution in [3.63, 3.8) is 0 Å². The Morgan fingerprint density at radius 1 is 1.32 bits per heavy atom. The van der Waals surface area contributed by atoms with E-state index in [4.69, 9.17) is 13.9 Å². The third-order valence-corrected chi connectivity index (χ3v) is 4.43. The molecule has 0 spiro atoms. The molecule has 3 atom stereocenters. The molecule has 2 aliphatic heterocycles. The Kier molecular flexibility index (Phi) is 1.97. The van der Waals surface area contributed by atoms with Crippen LogP contribution in [0, 0.1) is 0 Å². The molecule has 1 aromatic carbocycles. The summed E-state index contributed by atoms with van der Waals surface area (Å²) in [5, 5.41) is 0.839. The Morgan fingerprint density at radius 3 is 2.95 bits per heavy atom. The van der Waals surface area contributed by atoms with Crippen molar-refractivity contribution >= 4 is 11.0 Å². The van der Waals surface area contributed by atoms with Gasteiger partial charge in [-0.05, 0) is 19.1 Å². The fourth-order valence-electron chi connectivity index (χ4n) is 3.18. The molecule has 3 heterocycles. The van der Waals surface area contributed by atoms with Crippen LogP contribution in [0.15, 0.2) is 33.5 Å². The first-order valence-electron chi connectivity index (χ1n) is 6.48. The highest BCUT2D eigenvalue weighted by Gasteiger charge is 2.52. The van der Waals surface area contributed by atoms with E-state index in [9.17, 15) is 4.79 Å². The summed E-state index contributed by atoms with van der Waals surface area (Å²) in [6.07, 6.45) is 0.380. The molecule has 0 saturated carbocycles. The van der Waals surface area contributed by atoms with Crippen molar-refractivity contribution in [3.05, 3.63) is 40.2 Å². The van der Waals surface area contributed by atoms with Gasteiger partial charge in [0.1, 0.15) is 11.3 Å². The lowest BCUT2D eigenvalue weighted by molar-refractivity contribution is -0.0646. The molecule has 0 unspecified atom stereocenters. The molecule has 4 heteroatoms. The van der Waals surface area contributed by atoms with E-state index in [1.165, 1.54) is 0 Å². The van der Waals surface area contributed by atoms with E-state index < -0.39 is 0 Å². The first kappa shape index (κ1) is 11.1. The van der Waals surface area contributed by atoms with E-state index in [0.717, 1.165) is 5.39 Å².